The molecule has 1 amide bonds. The van der Waals surface area contributed by atoms with Crippen LogP contribution in [-0.4, -0.2) is 40.1 Å². The molecule has 1 aromatic heterocycles. The van der Waals surface area contributed by atoms with E-state index in [1.807, 2.05) is 0 Å². The summed E-state index contributed by atoms with van der Waals surface area (Å²) in [6.45, 7) is 1.99. The van der Waals surface area contributed by atoms with Crippen molar-refractivity contribution in [2.75, 3.05) is 19.7 Å². The number of amides is 1. The van der Waals surface area contributed by atoms with Gasteiger partial charge in [-0.15, -0.1) is 0 Å². The summed E-state index contributed by atoms with van der Waals surface area (Å²) >= 11 is 0. The van der Waals surface area contributed by atoms with Crippen molar-refractivity contribution in [2.45, 2.75) is 44.8 Å². The third kappa shape index (κ3) is 4.05. The lowest BCUT2D eigenvalue weighted by Gasteiger charge is -2.33. The molecule has 3 heterocycles. The zero-order valence-electron chi connectivity index (χ0n) is 17.9. The van der Waals surface area contributed by atoms with Crippen LogP contribution in [0.5, 0.6) is 0 Å². The lowest BCUT2D eigenvalue weighted by atomic mass is 10.1. The monoisotopic (exact) mass is 435 g/mol. The predicted molar refractivity (Wildman–Crippen MR) is 119 cm³/mol. The minimum atomic E-state index is -0.300. The summed E-state index contributed by atoms with van der Waals surface area (Å²) in [5.74, 6) is 0.399. The van der Waals surface area contributed by atoms with Crippen LogP contribution in [0.4, 0.5) is 4.39 Å². The van der Waals surface area contributed by atoms with Gasteiger partial charge in [-0.2, -0.15) is 0 Å². The molecule has 0 bridgehead atoms. The fourth-order valence-electron chi connectivity index (χ4n) is 4.62. The average molecular weight is 435 g/mol. The Labute approximate surface area is 185 Å². The zero-order valence-corrected chi connectivity index (χ0v) is 17.9. The van der Waals surface area contributed by atoms with E-state index in [4.69, 9.17) is 9.72 Å². The molecule has 32 heavy (non-hydrogen) atoms. The van der Waals surface area contributed by atoms with Gasteiger partial charge in [0, 0.05) is 25.1 Å². The second-order valence-electron chi connectivity index (χ2n) is 8.54. The first-order valence-corrected chi connectivity index (χ1v) is 11.3. The lowest BCUT2D eigenvalue weighted by molar-refractivity contribution is -0.0228. The molecule has 1 saturated heterocycles. The van der Waals surface area contributed by atoms with E-state index in [2.05, 4.69) is 0 Å². The Kier molecular flexibility index (Phi) is 5.74. The number of ether oxygens (including phenoxy) is 1. The van der Waals surface area contributed by atoms with Gasteiger partial charge in [0.15, 0.2) is 0 Å². The maximum absolute atomic E-state index is 13.2. The number of morpholine rings is 1. The van der Waals surface area contributed by atoms with Gasteiger partial charge in [0.05, 0.1) is 24.1 Å². The molecular formula is C25H26FN3O3. The zero-order chi connectivity index (χ0) is 22.1. The van der Waals surface area contributed by atoms with Gasteiger partial charge in [0.2, 0.25) is 0 Å². The smallest absolute Gasteiger partial charge is 0.261 e. The largest absolute Gasteiger partial charge is 0.370 e. The number of halogens is 1. The van der Waals surface area contributed by atoms with Crippen LogP contribution in [0.1, 0.15) is 53.5 Å². The topological polar surface area (TPSA) is 64.4 Å². The molecule has 1 unspecified atom stereocenters. The number of aryl methyl sites for hydroxylation is 1. The molecule has 2 aliphatic heterocycles. The molecule has 0 aliphatic carbocycles. The molecule has 166 valence electrons. The van der Waals surface area contributed by atoms with E-state index >= 15 is 0 Å². The SMILES string of the molecule is O=C(c1ccc2c(=O)n3c(nc2c1)CCCCCC3)N1CCOC(c2ccc(F)cc2)C1. The van der Waals surface area contributed by atoms with Crippen LogP contribution in [0, 0.1) is 5.82 Å². The van der Waals surface area contributed by atoms with Crippen molar-refractivity contribution in [1.82, 2.24) is 14.5 Å². The summed E-state index contributed by atoms with van der Waals surface area (Å²) in [5, 5.41) is 0.553. The molecule has 7 heteroatoms. The van der Waals surface area contributed by atoms with E-state index in [-0.39, 0.29) is 23.4 Å². The summed E-state index contributed by atoms with van der Waals surface area (Å²) in [6, 6.07) is 11.4. The highest BCUT2D eigenvalue weighted by Crippen LogP contribution is 2.24. The van der Waals surface area contributed by atoms with Gasteiger partial charge in [-0.3, -0.25) is 14.2 Å². The minimum Gasteiger partial charge on any atom is -0.370 e. The number of rotatable bonds is 2. The first kappa shape index (κ1) is 20.8. The van der Waals surface area contributed by atoms with E-state index in [1.165, 1.54) is 12.1 Å². The molecule has 6 nitrogen and oxygen atoms in total. The maximum atomic E-state index is 13.2. The molecule has 5 rings (SSSR count). The molecule has 3 aromatic rings. The Hall–Kier alpha value is -3.06. The normalized spacial score (nSPS) is 19.3. The molecule has 1 fully saturated rings. The van der Waals surface area contributed by atoms with Crippen molar-refractivity contribution < 1.29 is 13.9 Å². The van der Waals surface area contributed by atoms with Gasteiger partial charge in [-0.25, -0.2) is 9.37 Å². The summed E-state index contributed by atoms with van der Waals surface area (Å²) in [7, 11) is 0. The summed E-state index contributed by atoms with van der Waals surface area (Å²) < 4.78 is 20.9. The predicted octanol–water partition coefficient (Wildman–Crippen LogP) is 3.87. The standard InChI is InChI=1S/C25H26FN3O3/c26-19-9-6-17(7-10-19)22-16-28(13-14-32-22)24(30)18-8-11-20-21(15-18)27-23-5-3-1-2-4-12-29(23)25(20)31/h6-11,15,22H,1-5,12-14,16H2. The van der Waals surface area contributed by atoms with Gasteiger partial charge in [-0.1, -0.05) is 25.0 Å². The number of carbonyl (C=O) groups is 1. The van der Waals surface area contributed by atoms with Crippen molar-refractivity contribution in [3.05, 3.63) is 75.6 Å². The minimum absolute atomic E-state index is 0.0198. The van der Waals surface area contributed by atoms with Crippen LogP contribution in [0.2, 0.25) is 0 Å². The van der Waals surface area contributed by atoms with Crippen LogP contribution >= 0.6 is 0 Å². The number of hydrogen-bond donors (Lipinski definition) is 0. The fraction of sp³-hybridized carbons (Fsp3) is 0.400. The lowest BCUT2D eigenvalue weighted by Crippen LogP contribution is -2.42. The summed E-state index contributed by atoms with van der Waals surface area (Å²) in [4.78, 5) is 32.8. The maximum Gasteiger partial charge on any atom is 0.261 e. The average Bonchev–Trinajstić information content (AvgIpc) is 2.80. The van der Waals surface area contributed by atoms with Gasteiger partial charge in [0.25, 0.3) is 11.5 Å². The number of hydrogen-bond acceptors (Lipinski definition) is 4. The number of aromatic nitrogens is 2. The van der Waals surface area contributed by atoms with E-state index < -0.39 is 0 Å². The van der Waals surface area contributed by atoms with E-state index in [0.717, 1.165) is 43.5 Å². The van der Waals surface area contributed by atoms with Gasteiger partial charge < -0.3 is 9.64 Å². The van der Waals surface area contributed by atoms with Crippen molar-refractivity contribution in [1.29, 1.82) is 0 Å². The Morgan fingerprint density at radius 3 is 2.69 bits per heavy atom. The van der Waals surface area contributed by atoms with Crippen LogP contribution in [0.3, 0.4) is 0 Å². The highest BCUT2D eigenvalue weighted by atomic mass is 19.1. The fourth-order valence-corrected chi connectivity index (χ4v) is 4.62. The number of fused-ring (bicyclic) bond motifs is 2. The van der Waals surface area contributed by atoms with Crippen LogP contribution in [0.25, 0.3) is 10.9 Å². The molecule has 2 aromatic carbocycles. The van der Waals surface area contributed by atoms with Crippen molar-refractivity contribution >= 4 is 16.8 Å². The van der Waals surface area contributed by atoms with Crippen LogP contribution in [-0.2, 0) is 17.7 Å². The Bertz CT molecular complexity index is 1210. The summed E-state index contributed by atoms with van der Waals surface area (Å²) in [6.07, 6.45) is 4.79. The third-order valence-corrected chi connectivity index (χ3v) is 6.41. The first-order valence-electron chi connectivity index (χ1n) is 11.3. The Morgan fingerprint density at radius 2 is 1.84 bits per heavy atom. The molecule has 0 radical (unpaired) electrons. The van der Waals surface area contributed by atoms with Gasteiger partial charge >= 0.3 is 0 Å². The van der Waals surface area contributed by atoms with Gasteiger partial charge in [0.1, 0.15) is 17.7 Å². The molecule has 0 saturated carbocycles. The number of benzene rings is 2. The third-order valence-electron chi connectivity index (χ3n) is 6.41. The second kappa shape index (κ2) is 8.82. The molecule has 2 aliphatic rings. The molecule has 1 atom stereocenters. The Morgan fingerprint density at radius 1 is 1.03 bits per heavy atom. The molecule has 0 N–H and O–H groups in total. The van der Waals surface area contributed by atoms with Gasteiger partial charge in [-0.05, 0) is 48.7 Å². The quantitative estimate of drug-likeness (QED) is 0.613. The number of nitrogens with zero attached hydrogens (tertiary/aromatic N) is 3. The van der Waals surface area contributed by atoms with Crippen LogP contribution in [0.15, 0.2) is 47.3 Å². The van der Waals surface area contributed by atoms with Crippen LogP contribution < -0.4 is 5.56 Å². The number of carbonyl (C=O) groups excluding carboxylic acids is 1. The highest BCUT2D eigenvalue weighted by molar-refractivity contribution is 5.97. The van der Waals surface area contributed by atoms with E-state index in [1.54, 1.807) is 39.8 Å². The summed E-state index contributed by atoms with van der Waals surface area (Å²) in [5.41, 5.74) is 1.92. The van der Waals surface area contributed by atoms with E-state index in [0.29, 0.717) is 42.7 Å². The van der Waals surface area contributed by atoms with E-state index in [9.17, 15) is 14.0 Å². The highest BCUT2D eigenvalue weighted by Gasteiger charge is 2.26. The van der Waals surface area contributed by atoms with Crippen molar-refractivity contribution in [2.24, 2.45) is 0 Å². The first-order chi connectivity index (χ1) is 15.6. The second-order valence-corrected chi connectivity index (χ2v) is 8.54. The Balaban J connectivity index is 1.42. The molecule has 0 spiro atoms. The van der Waals surface area contributed by atoms with Crippen molar-refractivity contribution in [3.63, 3.8) is 0 Å². The van der Waals surface area contributed by atoms with Crippen molar-refractivity contribution in [3.8, 4) is 0 Å². The molecular weight excluding hydrogens is 409 g/mol.